The quantitative estimate of drug-likeness (QED) is 0.406. The molecule has 0 aliphatic heterocycles. The topological polar surface area (TPSA) is 69.6 Å². The molecule has 0 saturated heterocycles. The Morgan fingerprint density at radius 1 is 0.975 bits per heavy atom. The predicted octanol–water partition coefficient (Wildman–Crippen LogP) is 6.82. The van der Waals surface area contributed by atoms with Crippen LogP contribution in [0.25, 0.3) is 0 Å². The number of aryl methyl sites for hydroxylation is 1. The van der Waals surface area contributed by atoms with E-state index in [1.165, 1.54) is 5.57 Å². The maximum absolute atomic E-state index is 14.5. The number of aliphatic hydroxyl groups is 1. The van der Waals surface area contributed by atoms with Crippen molar-refractivity contribution in [2.75, 3.05) is 11.4 Å². The first-order valence-corrected chi connectivity index (χ1v) is 15.7. The first-order valence-electron chi connectivity index (χ1n) is 15.7. The third-order valence-electron chi connectivity index (χ3n) is 11.7. The van der Waals surface area contributed by atoms with Crippen LogP contribution in [0.2, 0.25) is 0 Å². The van der Waals surface area contributed by atoms with Gasteiger partial charge in [0, 0.05) is 22.6 Å². The molecule has 5 heteroatoms. The van der Waals surface area contributed by atoms with Crippen molar-refractivity contribution in [1.82, 2.24) is 5.32 Å². The molecule has 0 spiro atoms. The summed E-state index contributed by atoms with van der Waals surface area (Å²) in [6, 6.07) is 8.02. The largest absolute Gasteiger partial charge is 0.392 e. The molecule has 0 heterocycles. The van der Waals surface area contributed by atoms with Crippen molar-refractivity contribution < 1.29 is 14.7 Å². The standard InChI is InChI=1S/C35H52N2O3/c1-22-9-11-23(12-10-22)37(21-30(39)36-32(2,3)4)31(40)27-15-14-25-24-13-16-28-33(5,6)29(38)18-20-35(28,8)26(24)17-19-34(25,27)7/h9-12,16,24-27,29,38H,13-15,17-21H2,1-8H3,(H,36,39)/t24-,25-,26-,27+,29-,34-,35+/m0/s1. The van der Waals surface area contributed by atoms with Crippen molar-refractivity contribution in [2.24, 2.45) is 39.9 Å². The van der Waals surface area contributed by atoms with Gasteiger partial charge in [-0.25, -0.2) is 0 Å². The predicted molar refractivity (Wildman–Crippen MR) is 162 cm³/mol. The number of hydrogen-bond donors (Lipinski definition) is 2. The van der Waals surface area contributed by atoms with Crippen LogP contribution in [0.1, 0.15) is 99.0 Å². The highest BCUT2D eigenvalue weighted by atomic mass is 16.3. The molecule has 2 N–H and O–H groups in total. The fourth-order valence-corrected chi connectivity index (χ4v) is 9.61. The molecule has 1 aromatic carbocycles. The fraction of sp³-hybridized carbons (Fsp3) is 0.714. The van der Waals surface area contributed by atoms with Crippen LogP contribution >= 0.6 is 0 Å². The van der Waals surface area contributed by atoms with Gasteiger partial charge < -0.3 is 15.3 Å². The van der Waals surface area contributed by atoms with Crippen LogP contribution in [0, 0.1) is 46.8 Å². The van der Waals surface area contributed by atoms with E-state index in [1.54, 1.807) is 4.90 Å². The number of benzene rings is 1. The van der Waals surface area contributed by atoms with Gasteiger partial charge in [-0.05, 0) is 113 Å². The molecule has 2 amide bonds. The van der Waals surface area contributed by atoms with Crippen LogP contribution in [-0.2, 0) is 9.59 Å². The summed E-state index contributed by atoms with van der Waals surface area (Å²) in [4.78, 5) is 29.3. The zero-order valence-corrected chi connectivity index (χ0v) is 26.1. The molecular formula is C35H52N2O3. The molecular weight excluding hydrogens is 496 g/mol. The number of carbonyl (C=O) groups excluding carboxylic acids is 2. The first-order chi connectivity index (χ1) is 18.6. The summed E-state index contributed by atoms with van der Waals surface area (Å²) in [7, 11) is 0. The van der Waals surface area contributed by atoms with Gasteiger partial charge in [0.2, 0.25) is 11.8 Å². The summed E-state index contributed by atoms with van der Waals surface area (Å²) in [6.07, 6.45) is 9.36. The summed E-state index contributed by atoms with van der Waals surface area (Å²) in [5.41, 5.74) is 2.97. The highest BCUT2D eigenvalue weighted by Gasteiger charge is 2.62. The molecule has 4 aliphatic carbocycles. The second-order valence-electron chi connectivity index (χ2n) is 15.7. The van der Waals surface area contributed by atoms with E-state index in [4.69, 9.17) is 0 Å². The zero-order chi connectivity index (χ0) is 29.3. The van der Waals surface area contributed by atoms with Crippen molar-refractivity contribution in [3.05, 3.63) is 41.5 Å². The third kappa shape index (κ3) is 4.84. The Morgan fingerprint density at radius 3 is 2.30 bits per heavy atom. The number of hydrogen-bond acceptors (Lipinski definition) is 3. The van der Waals surface area contributed by atoms with Gasteiger partial charge >= 0.3 is 0 Å². The van der Waals surface area contributed by atoms with Crippen molar-refractivity contribution in [3.8, 4) is 0 Å². The Kier molecular flexibility index (Phi) is 7.34. The minimum absolute atomic E-state index is 0.0457. The Balaban J connectivity index is 1.42. The lowest BCUT2D eigenvalue weighted by molar-refractivity contribution is -0.132. The number of carbonyl (C=O) groups is 2. The summed E-state index contributed by atoms with van der Waals surface area (Å²) in [5, 5.41) is 13.9. The lowest BCUT2D eigenvalue weighted by Crippen LogP contribution is -2.55. The van der Waals surface area contributed by atoms with Gasteiger partial charge in [-0.2, -0.15) is 0 Å². The number of fused-ring (bicyclic) bond motifs is 5. The number of nitrogens with one attached hydrogen (secondary N) is 1. The van der Waals surface area contributed by atoms with Crippen molar-refractivity contribution in [1.29, 1.82) is 0 Å². The fourth-order valence-electron chi connectivity index (χ4n) is 9.61. The molecule has 220 valence electrons. The molecule has 0 radical (unpaired) electrons. The Hall–Kier alpha value is -2.14. The number of rotatable bonds is 4. The lowest BCUT2D eigenvalue weighted by Gasteiger charge is -2.61. The molecule has 1 aromatic rings. The van der Waals surface area contributed by atoms with E-state index in [1.807, 2.05) is 52.0 Å². The molecule has 40 heavy (non-hydrogen) atoms. The third-order valence-corrected chi connectivity index (χ3v) is 11.7. The summed E-state index contributed by atoms with van der Waals surface area (Å²) >= 11 is 0. The van der Waals surface area contributed by atoms with Gasteiger partial charge in [0.15, 0.2) is 0 Å². The molecule has 0 bridgehead atoms. The second kappa shape index (κ2) is 10.00. The molecule has 0 aromatic heterocycles. The smallest absolute Gasteiger partial charge is 0.240 e. The molecule has 3 saturated carbocycles. The van der Waals surface area contributed by atoms with Crippen LogP contribution < -0.4 is 10.2 Å². The molecule has 5 nitrogen and oxygen atoms in total. The maximum Gasteiger partial charge on any atom is 0.240 e. The van der Waals surface area contributed by atoms with E-state index >= 15 is 0 Å². The van der Waals surface area contributed by atoms with E-state index < -0.39 is 0 Å². The Morgan fingerprint density at radius 2 is 1.65 bits per heavy atom. The van der Waals surface area contributed by atoms with E-state index in [0.717, 1.165) is 56.2 Å². The van der Waals surface area contributed by atoms with Crippen LogP contribution in [0.5, 0.6) is 0 Å². The maximum atomic E-state index is 14.5. The second-order valence-corrected chi connectivity index (χ2v) is 15.7. The van der Waals surface area contributed by atoms with Crippen LogP contribution in [-0.4, -0.2) is 35.1 Å². The summed E-state index contributed by atoms with van der Waals surface area (Å²) in [5.74, 6) is 1.60. The number of amides is 2. The molecule has 4 aliphatic rings. The zero-order valence-electron chi connectivity index (χ0n) is 26.1. The van der Waals surface area contributed by atoms with E-state index in [-0.39, 0.29) is 52.2 Å². The molecule has 3 fully saturated rings. The SMILES string of the molecule is Cc1ccc(N(CC(=O)NC(C)(C)C)C(=O)[C@H]2CC[C@H]3[C@@H]4CC=C5C(C)(C)[C@@H](O)CC[C@]5(C)[C@H]4CC[C@]23C)cc1. The van der Waals surface area contributed by atoms with Crippen LogP contribution in [0.3, 0.4) is 0 Å². The molecule has 5 rings (SSSR count). The van der Waals surface area contributed by atoms with E-state index in [9.17, 15) is 14.7 Å². The van der Waals surface area contributed by atoms with Crippen LogP contribution in [0.4, 0.5) is 5.69 Å². The van der Waals surface area contributed by atoms with E-state index in [2.05, 4.69) is 39.1 Å². The highest BCUT2D eigenvalue weighted by molar-refractivity contribution is 6.00. The molecule has 7 atom stereocenters. The normalized spacial score (nSPS) is 36.5. The van der Waals surface area contributed by atoms with Gasteiger partial charge in [-0.15, -0.1) is 0 Å². The average Bonchev–Trinajstić information content (AvgIpc) is 3.21. The number of aliphatic hydroxyl groups excluding tert-OH is 1. The summed E-state index contributed by atoms with van der Waals surface area (Å²) in [6.45, 7) is 17.3. The Labute approximate surface area is 242 Å². The van der Waals surface area contributed by atoms with Gasteiger partial charge in [0.05, 0.1) is 6.10 Å². The van der Waals surface area contributed by atoms with E-state index in [0.29, 0.717) is 17.8 Å². The van der Waals surface area contributed by atoms with Crippen molar-refractivity contribution in [2.45, 2.75) is 112 Å². The highest BCUT2D eigenvalue weighted by Crippen LogP contribution is 2.68. The van der Waals surface area contributed by atoms with Gasteiger partial charge in [-0.1, -0.05) is 57.0 Å². The van der Waals surface area contributed by atoms with Gasteiger partial charge in [0.25, 0.3) is 0 Å². The average molecular weight is 549 g/mol. The minimum atomic E-state index is -0.352. The van der Waals surface area contributed by atoms with Gasteiger partial charge in [-0.3, -0.25) is 9.59 Å². The van der Waals surface area contributed by atoms with Crippen molar-refractivity contribution >= 4 is 17.5 Å². The monoisotopic (exact) mass is 548 g/mol. The Bertz CT molecular complexity index is 1180. The van der Waals surface area contributed by atoms with Crippen molar-refractivity contribution in [3.63, 3.8) is 0 Å². The van der Waals surface area contributed by atoms with Crippen LogP contribution in [0.15, 0.2) is 35.9 Å². The molecule has 0 unspecified atom stereocenters. The van der Waals surface area contributed by atoms with Gasteiger partial charge in [0.1, 0.15) is 6.54 Å². The number of allylic oxidation sites excluding steroid dienone is 1. The first kappa shape index (κ1) is 29.4. The number of anilines is 1. The lowest BCUT2D eigenvalue weighted by atomic mass is 9.44. The minimum Gasteiger partial charge on any atom is -0.392 e. The summed E-state index contributed by atoms with van der Waals surface area (Å²) < 4.78 is 0. The number of nitrogens with zero attached hydrogens (tertiary/aromatic N) is 1.